The molecule has 0 atom stereocenters. The third-order valence-corrected chi connectivity index (χ3v) is 3.32. The van der Waals surface area contributed by atoms with E-state index >= 15 is 0 Å². The summed E-state index contributed by atoms with van der Waals surface area (Å²) in [6.07, 6.45) is 1.02. The third-order valence-electron chi connectivity index (χ3n) is 2.39. The number of anilines is 1. The number of rotatable bonds is 5. The zero-order valence-electron chi connectivity index (χ0n) is 10.5. The van der Waals surface area contributed by atoms with Crippen LogP contribution in [0.1, 0.15) is 13.3 Å². The predicted molar refractivity (Wildman–Crippen MR) is 73.5 cm³/mol. The van der Waals surface area contributed by atoms with Gasteiger partial charge in [0.15, 0.2) is 11.6 Å². The lowest BCUT2D eigenvalue weighted by atomic mass is 10.3. The summed E-state index contributed by atoms with van der Waals surface area (Å²) in [4.78, 5) is 5.02. The molecule has 0 aliphatic carbocycles. The number of pyridine rings is 1. The number of nitrogens with zero attached hydrogens (tertiary/aromatic N) is 1. The molecule has 0 spiro atoms. The van der Waals surface area contributed by atoms with E-state index in [1.165, 1.54) is 23.9 Å². The van der Waals surface area contributed by atoms with Gasteiger partial charge in [-0.3, -0.25) is 0 Å². The molecule has 0 bridgehead atoms. The molecule has 0 aliphatic rings. The minimum Gasteiger partial charge on any atom is -0.370 e. The molecule has 19 heavy (non-hydrogen) atoms. The Balaban J connectivity index is 2.11. The van der Waals surface area contributed by atoms with Gasteiger partial charge in [0, 0.05) is 11.4 Å². The maximum Gasteiger partial charge on any atom is 0.159 e. The standard InChI is InChI=1S/C14H14F2N2S/c1-2-8-17-13-4-3-5-14(18-13)19-10-6-7-11(15)12(16)9-10/h3-7,9H,2,8H2,1H3,(H,17,18). The fourth-order valence-electron chi connectivity index (χ4n) is 1.48. The van der Waals surface area contributed by atoms with Crippen LogP contribution in [-0.4, -0.2) is 11.5 Å². The van der Waals surface area contributed by atoms with E-state index < -0.39 is 11.6 Å². The maximum atomic E-state index is 13.1. The van der Waals surface area contributed by atoms with Gasteiger partial charge in [-0.15, -0.1) is 0 Å². The van der Waals surface area contributed by atoms with Crippen molar-refractivity contribution >= 4 is 17.6 Å². The van der Waals surface area contributed by atoms with E-state index in [-0.39, 0.29) is 0 Å². The van der Waals surface area contributed by atoms with E-state index in [2.05, 4.69) is 17.2 Å². The molecule has 2 nitrogen and oxygen atoms in total. The fraction of sp³-hybridized carbons (Fsp3) is 0.214. The van der Waals surface area contributed by atoms with Crippen LogP contribution in [0.4, 0.5) is 14.6 Å². The zero-order chi connectivity index (χ0) is 13.7. The van der Waals surface area contributed by atoms with E-state index in [4.69, 9.17) is 0 Å². The number of halogens is 2. The van der Waals surface area contributed by atoms with Crippen LogP contribution in [0.15, 0.2) is 46.3 Å². The number of benzene rings is 1. The van der Waals surface area contributed by atoms with Crippen molar-refractivity contribution in [1.29, 1.82) is 0 Å². The highest BCUT2D eigenvalue weighted by Gasteiger charge is 2.05. The van der Waals surface area contributed by atoms with E-state index in [0.29, 0.717) is 4.90 Å². The second-order valence-corrected chi connectivity index (χ2v) is 5.06. The Hall–Kier alpha value is -1.62. The molecule has 2 rings (SSSR count). The second kappa shape index (κ2) is 6.52. The Bertz CT molecular complexity index is 561. The molecule has 100 valence electrons. The van der Waals surface area contributed by atoms with Crippen molar-refractivity contribution in [3.8, 4) is 0 Å². The highest BCUT2D eigenvalue weighted by atomic mass is 32.2. The summed E-state index contributed by atoms with van der Waals surface area (Å²) in [5.41, 5.74) is 0. The lowest BCUT2D eigenvalue weighted by Crippen LogP contribution is -2.01. The predicted octanol–water partition coefficient (Wildman–Crippen LogP) is 4.33. The van der Waals surface area contributed by atoms with Gasteiger partial charge in [-0.1, -0.05) is 24.8 Å². The van der Waals surface area contributed by atoms with E-state index in [0.717, 1.165) is 29.9 Å². The van der Waals surface area contributed by atoms with Gasteiger partial charge in [0.05, 0.1) is 0 Å². The summed E-state index contributed by atoms with van der Waals surface area (Å²) in [5.74, 6) is -0.893. The van der Waals surface area contributed by atoms with E-state index in [1.807, 2.05) is 18.2 Å². The number of hydrogen-bond donors (Lipinski definition) is 1. The van der Waals surface area contributed by atoms with Gasteiger partial charge in [0.1, 0.15) is 10.8 Å². The molecule has 2 aromatic rings. The molecule has 0 fully saturated rings. The molecule has 0 unspecified atom stereocenters. The van der Waals surface area contributed by atoms with Crippen LogP contribution in [-0.2, 0) is 0 Å². The Morgan fingerprint density at radius 2 is 2.00 bits per heavy atom. The molecule has 1 N–H and O–H groups in total. The van der Waals surface area contributed by atoms with Gasteiger partial charge in [-0.2, -0.15) is 0 Å². The summed E-state index contributed by atoms with van der Waals surface area (Å²) >= 11 is 1.30. The first kappa shape index (κ1) is 13.8. The summed E-state index contributed by atoms with van der Waals surface area (Å²) in [5, 5.41) is 3.93. The monoisotopic (exact) mass is 280 g/mol. The van der Waals surface area contributed by atoms with Crippen molar-refractivity contribution in [2.75, 3.05) is 11.9 Å². The van der Waals surface area contributed by atoms with Crippen molar-refractivity contribution in [3.05, 3.63) is 48.0 Å². The Kier molecular flexibility index (Phi) is 4.74. The molecule has 0 radical (unpaired) electrons. The molecule has 0 aliphatic heterocycles. The van der Waals surface area contributed by atoms with Gasteiger partial charge < -0.3 is 5.32 Å². The van der Waals surface area contributed by atoms with Gasteiger partial charge in [-0.05, 0) is 36.8 Å². The topological polar surface area (TPSA) is 24.9 Å². The molecule has 0 amide bonds. The number of nitrogens with one attached hydrogen (secondary N) is 1. The summed E-state index contributed by atoms with van der Waals surface area (Å²) in [6.45, 7) is 2.93. The zero-order valence-corrected chi connectivity index (χ0v) is 11.3. The maximum absolute atomic E-state index is 13.1. The lowest BCUT2D eigenvalue weighted by molar-refractivity contribution is 0.506. The summed E-state index contributed by atoms with van der Waals surface area (Å²) in [7, 11) is 0. The van der Waals surface area contributed by atoms with E-state index in [1.54, 1.807) is 0 Å². The Morgan fingerprint density at radius 1 is 1.16 bits per heavy atom. The van der Waals surface area contributed by atoms with Crippen LogP contribution in [0.25, 0.3) is 0 Å². The highest BCUT2D eigenvalue weighted by Crippen LogP contribution is 2.27. The molecule has 0 saturated heterocycles. The average Bonchev–Trinajstić information content (AvgIpc) is 2.41. The number of hydrogen-bond acceptors (Lipinski definition) is 3. The molecule has 1 heterocycles. The van der Waals surface area contributed by atoms with Crippen molar-refractivity contribution in [2.45, 2.75) is 23.3 Å². The molecule has 1 aromatic heterocycles. The van der Waals surface area contributed by atoms with Gasteiger partial charge in [-0.25, -0.2) is 13.8 Å². The smallest absolute Gasteiger partial charge is 0.159 e. The Morgan fingerprint density at radius 3 is 2.74 bits per heavy atom. The quantitative estimate of drug-likeness (QED) is 0.882. The molecule has 5 heteroatoms. The van der Waals surface area contributed by atoms with Crippen LogP contribution >= 0.6 is 11.8 Å². The second-order valence-electron chi connectivity index (χ2n) is 3.97. The summed E-state index contributed by atoms with van der Waals surface area (Å²) in [6, 6.07) is 9.43. The third kappa shape index (κ3) is 3.92. The molecular formula is C14H14F2N2S. The van der Waals surface area contributed by atoms with Crippen LogP contribution in [0.5, 0.6) is 0 Å². The summed E-state index contributed by atoms with van der Waals surface area (Å²) < 4.78 is 25.9. The molecule has 0 saturated carbocycles. The van der Waals surface area contributed by atoms with Crippen molar-refractivity contribution < 1.29 is 8.78 Å². The highest BCUT2D eigenvalue weighted by molar-refractivity contribution is 7.99. The van der Waals surface area contributed by atoms with Crippen LogP contribution < -0.4 is 5.32 Å². The van der Waals surface area contributed by atoms with Crippen molar-refractivity contribution in [2.24, 2.45) is 0 Å². The average molecular weight is 280 g/mol. The van der Waals surface area contributed by atoms with Gasteiger partial charge in [0.25, 0.3) is 0 Å². The fourth-order valence-corrected chi connectivity index (χ4v) is 2.31. The minimum atomic E-state index is -0.842. The Labute approximate surface area is 115 Å². The molecule has 1 aromatic carbocycles. The normalized spacial score (nSPS) is 10.5. The van der Waals surface area contributed by atoms with Crippen LogP contribution in [0.3, 0.4) is 0 Å². The first-order chi connectivity index (χ1) is 9.19. The van der Waals surface area contributed by atoms with E-state index in [9.17, 15) is 8.78 Å². The minimum absolute atomic E-state index is 0.624. The SMILES string of the molecule is CCCNc1cccc(Sc2ccc(F)c(F)c2)n1. The largest absolute Gasteiger partial charge is 0.370 e. The first-order valence-corrected chi connectivity index (χ1v) is 6.84. The van der Waals surface area contributed by atoms with Crippen molar-refractivity contribution in [3.63, 3.8) is 0 Å². The van der Waals surface area contributed by atoms with Gasteiger partial charge in [0.2, 0.25) is 0 Å². The first-order valence-electron chi connectivity index (χ1n) is 6.03. The van der Waals surface area contributed by atoms with Crippen LogP contribution in [0.2, 0.25) is 0 Å². The van der Waals surface area contributed by atoms with Gasteiger partial charge >= 0.3 is 0 Å². The van der Waals surface area contributed by atoms with Crippen LogP contribution in [0, 0.1) is 11.6 Å². The van der Waals surface area contributed by atoms with Crippen molar-refractivity contribution in [1.82, 2.24) is 4.98 Å². The number of aromatic nitrogens is 1. The lowest BCUT2D eigenvalue weighted by Gasteiger charge is -2.06. The molecular weight excluding hydrogens is 266 g/mol.